The Hall–Kier alpha value is -1.95. The Morgan fingerprint density at radius 1 is 1.18 bits per heavy atom. The van der Waals surface area contributed by atoms with Gasteiger partial charge in [-0.15, -0.1) is 0 Å². The van der Waals surface area contributed by atoms with Crippen molar-refractivity contribution in [2.45, 2.75) is 13.8 Å². The molecule has 0 bridgehead atoms. The van der Waals surface area contributed by atoms with Crippen molar-refractivity contribution in [1.82, 2.24) is 4.90 Å². The molecule has 0 aliphatic carbocycles. The zero-order valence-electron chi connectivity index (χ0n) is 13.2. The van der Waals surface area contributed by atoms with Gasteiger partial charge in [0.2, 0.25) is 5.91 Å². The summed E-state index contributed by atoms with van der Waals surface area (Å²) in [4.78, 5) is 16.4. The number of fused-ring (bicyclic) bond motifs is 2. The van der Waals surface area contributed by atoms with E-state index >= 15 is 0 Å². The number of ether oxygens (including phenoxy) is 2. The van der Waals surface area contributed by atoms with Gasteiger partial charge < -0.3 is 24.6 Å². The highest BCUT2D eigenvalue weighted by atomic mass is 16.6. The fourth-order valence-electron chi connectivity index (χ4n) is 2.87. The second kappa shape index (κ2) is 6.44. The number of carbonyl (C=O) groups is 1. The third-order valence-electron chi connectivity index (χ3n) is 4.22. The van der Waals surface area contributed by atoms with Crippen LogP contribution in [0.4, 0.5) is 11.4 Å². The summed E-state index contributed by atoms with van der Waals surface area (Å²) in [6.07, 6.45) is 0. The molecule has 0 unspecified atom stereocenters. The van der Waals surface area contributed by atoms with Gasteiger partial charge in [-0.1, -0.05) is 13.8 Å². The molecule has 0 saturated heterocycles. The maximum atomic E-state index is 12.3. The minimum Gasteiger partial charge on any atom is -0.486 e. The van der Waals surface area contributed by atoms with Crippen molar-refractivity contribution in [3.8, 4) is 11.5 Å². The fraction of sp³-hybridized carbons (Fsp3) is 0.562. The lowest BCUT2D eigenvalue weighted by molar-refractivity contribution is -0.117. The van der Waals surface area contributed by atoms with E-state index in [1.165, 1.54) is 0 Å². The van der Waals surface area contributed by atoms with Crippen LogP contribution in [0.15, 0.2) is 12.1 Å². The second-order valence-corrected chi connectivity index (χ2v) is 5.44. The lowest BCUT2D eigenvalue weighted by Gasteiger charge is -2.33. The number of rotatable bonds is 5. The third kappa shape index (κ3) is 2.83. The van der Waals surface area contributed by atoms with Crippen LogP contribution in [0.25, 0.3) is 0 Å². The summed E-state index contributed by atoms with van der Waals surface area (Å²) < 4.78 is 11.2. The van der Waals surface area contributed by atoms with E-state index in [1.807, 2.05) is 17.0 Å². The predicted molar refractivity (Wildman–Crippen MR) is 86.1 cm³/mol. The second-order valence-electron chi connectivity index (χ2n) is 5.44. The highest BCUT2D eigenvalue weighted by molar-refractivity contribution is 6.03. The normalized spacial score (nSPS) is 16.5. The molecule has 6 heteroatoms. The summed E-state index contributed by atoms with van der Waals surface area (Å²) in [7, 11) is 0. The smallest absolute Gasteiger partial charge is 0.246 e. The molecule has 120 valence electrons. The number of amides is 1. The van der Waals surface area contributed by atoms with Crippen molar-refractivity contribution >= 4 is 17.3 Å². The number of nitrogens with one attached hydrogen (secondary N) is 1. The summed E-state index contributed by atoms with van der Waals surface area (Å²) in [5.41, 5.74) is 1.82. The molecule has 0 radical (unpaired) electrons. The van der Waals surface area contributed by atoms with Crippen LogP contribution in [0.1, 0.15) is 13.8 Å². The topological polar surface area (TPSA) is 54.0 Å². The highest BCUT2D eigenvalue weighted by Gasteiger charge is 2.27. The van der Waals surface area contributed by atoms with Crippen molar-refractivity contribution in [3.63, 3.8) is 0 Å². The van der Waals surface area contributed by atoms with Gasteiger partial charge in [0, 0.05) is 25.2 Å². The summed E-state index contributed by atoms with van der Waals surface area (Å²) in [5.74, 6) is 1.56. The van der Waals surface area contributed by atoms with E-state index in [-0.39, 0.29) is 5.91 Å². The summed E-state index contributed by atoms with van der Waals surface area (Å²) in [5, 5.41) is 3.17. The van der Waals surface area contributed by atoms with Crippen LogP contribution in [-0.2, 0) is 4.79 Å². The fourth-order valence-corrected chi connectivity index (χ4v) is 2.87. The molecule has 0 fully saturated rings. The van der Waals surface area contributed by atoms with Gasteiger partial charge in [-0.2, -0.15) is 0 Å². The largest absolute Gasteiger partial charge is 0.486 e. The van der Waals surface area contributed by atoms with E-state index in [1.54, 1.807) is 0 Å². The first kappa shape index (κ1) is 15.0. The van der Waals surface area contributed by atoms with Gasteiger partial charge in [0.15, 0.2) is 11.5 Å². The SMILES string of the molecule is CCN(CC)CCN1C(=O)CNc2cc3c(cc21)OCCO3. The first-order chi connectivity index (χ1) is 10.7. The van der Waals surface area contributed by atoms with Crippen molar-refractivity contribution < 1.29 is 14.3 Å². The van der Waals surface area contributed by atoms with Gasteiger partial charge in [-0.25, -0.2) is 0 Å². The molecule has 2 heterocycles. The van der Waals surface area contributed by atoms with Crippen LogP contribution in [0, 0.1) is 0 Å². The van der Waals surface area contributed by atoms with E-state index in [0.717, 1.165) is 36.8 Å². The monoisotopic (exact) mass is 305 g/mol. The Labute approximate surface area is 131 Å². The number of carbonyl (C=O) groups excluding carboxylic acids is 1. The Balaban J connectivity index is 1.84. The molecular weight excluding hydrogens is 282 g/mol. The molecule has 0 aromatic heterocycles. The molecule has 1 N–H and O–H groups in total. The Morgan fingerprint density at radius 2 is 1.86 bits per heavy atom. The van der Waals surface area contributed by atoms with Crippen molar-refractivity contribution in [2.24, 2.45) is 0 Å². The third-order valence-corrected chi connectivity index (χ3v) is 4.22. The standard InChI is InChI=1S/C16H23N3O3/c1-3-18(4-2)5-6-19-13-10-15-14(21-7-8-22-15)9-12(13)17-11-16(19)20/h9-10,17H,3-8,11H2,1-2H3. The summed E-state index contributed by atoms with van der Waals surface area (Å²) >= 11 is 0. The van der Waals surface area contributed by atoms with E-state index < -0.39 is 0 Å². The van der Waals surface area contributed by atoms with Gasteiger partial charge in [-0.3, -0.25) is 4.79 Å². The average molecular weight is 305 g/mol. The molecule has 1 aromatic carbocycles. The molecule has 1 amide bonds. The maximum absolute atomic E-state index is 12.3. The molecule has 0 spiro atoms. The van der Waals surface area contributed by atoms with Gasteiger partial charge in [0.1, 0.15) is 13.2 Å². The van der Waals surface area contributed by atoms with Crippen LogP contribution < -0.4 is 19.7 Å². The number of anilines is 2. The Bertz CT molecular complexity index is 558. The van der Waals surface area contributed by atoms with E-state index in [9.17, 15) is 4.79 Å². The lowest BCUT2D eigenvalue weighted by Crippen LogP contribution is -2.44. The first-order valence-electron chi connectivity index (χ1n) is 7.93. The van der Waals surface area contributed by atoms with Crippen LogP contribution in [0.5, 0.6) is 11.5 Å². The molecule has 3 rings (SSSR count). The molecule has 1 aromatic rings. The van der Waals surface area contributed by atoms with E-state index in [0.29, 0.717) is 32.1 Å². The Morgan fingerprint density at radius 3 is 2.55 bits per heavy atom. The van der Waals surface area contributed by atoms with Crippen LogP contribution >= 0.6 is 0 Å². The van der Waals surface area contributed by atoms with Gasteiger partial charge in [-0.05, 0) is 13.1 Å². The zero-order chi connectivity index (χ0) is 15.5. The molecular formula is C16H23N3O3. The molecule has 0 saturated carbocycles. The number of hydrogen-bond acceptors (Lipinski definition) is 5. The van der Waals surface area contributed by atoms with Crippen LogP contribution in [0.3, 0.4) is 0 Å². The minimum absolute atomic E-state index is 0.0938. The first-order valence-corrected chi connectivity index (χ1v) is 7.93. The number of likely N-dealkylation sites (N-methyl/N-ethyl adjacent to an activating group) is 1. The summed E-state index contributed by atoms with van der Waals surface area (Å²) in [6.45, 7) is 9.25. The lowest BCUT2D eigenvalue weighted by atomic mass is 10.1. The van der Waals surface area contributed by atoms with E-state index in [4.69, 9.17) is 9.47 Å². The van der Waals surface area contributed by atoms with Crippen LogP contribution in [-0.4, -0.2) is 56.7 Å². The minimum atomic E-state index is 0.0938. The molecule has 22 heavy (non-hydrogen) atoms. The zero-order valence-corrected chi connectivity index (χ0v) is 13.2. The quantitative estimate of drug-likeness (QED) is 0.895. The molecule has 0 atom stereocenters. The predicted octanol–water partition coefficient (Wildman–Crippen LogP) is 1.56. The van der Waals surface area contributed by atoms with Crippen molar-refractivity contribution in [3.05, 3.63) is 12.1 Å². The van der Waals surface area contributed by atoms with Crippen molar-refractivity contribution in [1.29, 1.82) is 0 Å². The molecule has 6 nitrogen and oxygen atoms in total. The highest BCUT2D eigenvalue weighted by Crippen LogP contribution is 2.41. The van der Waals surface area contributed by atoms with E-state index in [2.05, 4.69) is 24.1 Å². The summed E-state index contributed by atoms with van der Waals surface area (Å²) in [6, 6.07) is 3.84. The number of nitrogens with zero attached hydrogens (tertiary/aromatic N) is 2. The van der Waals surface area contributed by atoms with Crippen LogP contribution in [0.2, 0.25) is 0 Å². The Kier molecular flexibility index (Phi) is 4.38. The maximum Gasteiger partial charge on any atom is 0.246 e. The van der Waals surface area contributed by atoms with Gasteiger partial charge >= 0.3 is 0 Å². The number of benzene rings is 1. The van der Waals surface area contributed by atoms with Gasteiger partial charge in [0.05, 0.1) is 17.9 Å². The number of hydrogen-bond donors (Lipinski definition) is 1. The molecule has 2 aliphatic rings. The molecule has 2 aliphatic heterocycles. The van der Waals surface area contributed by atoms with Crippen molar-refractivity contribution in [2.75, 3.05) is 56.2 Å². The average Bonchev–Trinajstić information content (AvgIpc) is 2.55. The van der Waals surface area contributed by atoms with Gasteiger partial charge in [0.25, 0.3) is 0 Å².